The van der Waals surface area contributed by atoms with Crippen molar-refractivity contribution in [2.75, 3.05) is 14.2 Å². The molecule has 2 aromatic rings. The van der Waals surface area contributed by atoms with E-state index >= 15 is 0 Å². The van der Waals surface area contributed by atoms with E-state index in [0.29, 0.717) is 11.5 Å². The molecule has 0 fully saturated rings. The number of benzene rings is 2. The van der Waals surface area contributed by atoms with Crippen LogP contribution in [-0.4, -0.2) is 26.0 Å². The number of carbonyl (C=O) groups excluding carboxylic acids is 2. The molecule has 6 nitrogen and oxygen atoms in total. The lowest BCUT2D eigenvalue weighted by molar-refractivity contribution is -0.139. The maximum Gasteiger partial charge on any atom is 0.309 e. The molecular weight excluding hydrogens is 320 g/mol. The van der Waals surface area contributed by atoms with Crippen LogP contribution in [0, 0.1) is 0 Å². The van der Waals surface area contributed by atoms with Crippen molar-refractivity contribution in [3.8, 4) is 11.5 Å². The number of amides is 2. The first-order chi connectivity index (χ1) is 12.0. The van der Waals surface area contributed by atoms with Crippen LogP contribution in [0.2, 0.25) is 0 Å². The molecule has 1 unspecified atom stereocenters. The third-order valence-electron chi connectivity index (χ3n) is 3.75. The molecule has 1 atom stereocenters. The average Bonchev–Trinajstić information content (AvgIpc) is 2.66. The van der Waals surface area contributed by atoms with Crippen LogP contribution in [0.25, 0.3) is 0 Å². The van der Waals surface area contributed by atoms with E-state index in [9.17, 15) is 9.59 Å². The zero-order valence-corrected chi connectivity index (χ0v) is 14.5. The second kappa shape index (κ2) is 8.73. The van der Waals surface area contributed by atoms with Crippen molar-refractivity contribution >= 4 is 11.8 Å². The summed E-state index contributed by atoms with van der Waals surface area (Å²) in [6.07, 6.45) is 0. The molecule has 0 bridgehead atoms. The summed E-state index contributed by atoms with van der Waals surface area (Å²) in [5, 5.41) is 5.27. The van der Waals surface area contributed by atoms with Crippen molar-refractivity contribution in [3.05, 3.63) is 59.7 Å². The number of hydrogen-bond donors (Lipinski definition) is 2. The van der Waals surface area contributed by atoms with Gasteiger partial charge in [0, 0.05) is 6.54 Å². The van der Waals surface area contributed by atoms with Crippen LogP contribution in [-0.2, 0) is 16.1 Å². The second-order valence-corrected chi connectivity index (χ2v) is 5.48. The molecule has 0 spiro atoms. The van der Waals surface area contributed by atoms with Gasteiger partial charge in [0.1, 0.15) is 0 Å². The van der Waals surface area contributed by atoms with E-state index in [2.05, 4.69) is 10.6 Å². The number of hydrogen-bond acceptors (Lipinski definition) is 4. The van der Waals surface area contributed by atoms with Gasteiger partial charge in [0.25, 0.3) is 0 Å². The van der Waals surface area contributed by atoms with Crippen molar-refractivity contribution < 1.29 is 19.1 Å². The Labute approximate surface area is 147 Å². The summed E-state index contributed by atoms with van der Waals surface area (Å²) in [6.45, 7) is 2.04. The Morgan fingerprint density at radius 3 is 2.28 bits per heavy atom. The molecule has 0 heterocycles. The van der Waals surface area contributed by atoms with Gasteiger partial charge in [-0.2, -0.15) is 0 Å². The minimum atomic E-state index is -0.683. The van der Waals surface area contributed by atoms with Gasteiger partial charge in [0.15, 0.2) is 11.5 Å². The van der Waals surface area contributed by atoms with Gasteiger partial charge in [0.2, 0.25) is 0 Å². The van der Waals surface area contributed by atoms with Crippen LogP contribution < -0.4 is 20.1 Å². The number of carbonyl (C=O) groups is 2. The zero-order valence-electron chi connectivity index (χ0n) is 14.5. The highest BCUT2D eigenvalue weighted by Gasteiger charge is 2.16. The van der Waals surface area contributed by atoms with Gasteiger partial charge in [-0.1, -0.05) is 36.4 Å². The van der Waals surface area contributed by atoms with E-state index in [-0.39, 0.29) is 12.6 Å². The number of rotatable bonds is 6. The number of ether oxygens (including phenoxy) is 2. The minimum absolute atomic E-state index is 0.215. The van der Waals surface area contributed by atoms with E-state index in [4.69, 9.17) is 9.47 Å². The van der Waals surface area contributed by atoms with Crippen molar-refractivity contribution in [3.63, 3.8) is 0 Å². The Morgan fingerprint density at radius 2 is 1.64 bits per heavy atom. The molecule has 2 N–H and O–H groups in total. The van der Waals surface area contributed by atoms with Gasteiger partial charge < -0.3 is 20.1 Å². The monoisotopic (exact) mass is 342 g/mol. The van der Waals surface area contributed by atoms with E-state index in [1.54, 1.807) is 32.4 Å². The minimum Gasteiger partial charge on any atom is -0.493 e. The number of nitrogens with one attached hydrogen (secondary N) is 2. The molecule has 132 valence electrons. The van der Waals surface area contributed by atoms with Gasteiger partial charge >= 0.3 is 11.8 Å². The first-order valence-electron chi connectivity index (χ1n) is 7.89. The lowest BCUT2D eigenvalue weighted by Gasteiger charge is -2.14. The van der Waals surface area contributed by atoms with Gasteiger partial charge in [0.05, 0.1) is 20.3 Å². The molecule has 0 saturated carbocycles. The SMILES string of the molecule is COc1ccc(CNC(=O)C(=O)NC(C)c2ccccc2)cc1OC. The van der Waals surface area contributed by atoms with Crippen LogP contribution in [0.1, 0.15) is 24.1 Å². The van der Waals surface area contributed by atoms with Crippen molar-refractivity contribution in [2.45, 2.75) is 19.5 Å². The van der Waals surface area contributed by atoms with Crippen LogP contribution in [0.3, 0.4) is 0 Å². The lowest BCUT2D eigenvalue weighted by atomic mass is 10.1. The summed E-state index contributed by atoms with van der Waals surface area (Å²) in [7, 11) is 3.09. The fourth-order valence-electron chi connectivity index (χ4n) is 2.34. The molecule has 2 rings (SSSR count). The molecule has 6 heteroatoms. The van der Waals surface area contributed by atoms with Gasteiger partial charge in [-0.3, -0.25) is 9.59 Å². The number of methoxy groups -OCH3 is 2. The average molecular weight is 342 g/mol. The maximum absolute atomic E-state index is 12.0. The molecule has 2 amide bonds. The standard InChI is InChI=1S/C19H22N2O4/c1-13(15-7-5-4-6-8-15)21-19(23)18(22)20-12-14-9-10-16(24-2)17(11-14)25-3/h4-11,13H,12H2,1-3H3,(H,20,22)(H,21,23). The molecule has 0 aliphatic heterocycles. The molecule has 0 aliphatic rings. The normalized spacial score (nSPS) is 11.3. The van der Waals surface area contributed by atoms with E-state index < -0.39 is 11.8 Å². The highest BCUT2D eigenvalue weighted by molar-refractivity contribution is 6.35. The predicted molar refractivity (Wildman–Crippen MR) is 94.4 cm³/mol. The highest BCUT2D eigenvalue weighted by atomic mass is 16.5. The van der Waals surface area contributed by atoms with Crippen molar-refractivity contribution in [1.82, 2.24) is 10.6 Å². The first-order valence-corrected chi connectivity index (χ1v) is 7.89. The van der Waals surface area contributed by atoms with Crippen molar-refractivity contribution in [2.24, 2.45) is 0 Å². The van der Waals surface area contributed by atoms with Crippen LogP contribution in [0.15, 0.2) is 48.5 Å². The Kier molecular flexibility index (Phi) is 6.39. The summed E-state index contributed by atoms with van der Waals surface area (Å²) in [5.41, 5.74) is 1.73. The van der Waals surface area contributed by atoms with Crippen LogP contribution >= 0.6 is 0 Å². The summed E-state index contributed by atoms with van der Waals surface area (Å²) in [6, 6.07) is 14.5. The highest BCUT2D eigenvalue weighted by Crippen LogP contribution is 2.27. The first kappa shape index (κ1) is 18.3. The topological polar surface area (TPSA) is 76.7 Å². The molecule has 0 aliphatic carbocycles. The lowest BCUT2D eigenvalue weighted by Crippen LogP contribution is -2.40. The molecule has 2 aromatic carbocycles. The Balaban J connectivity index is 1.90. The summed E-state index contributed by atoms with van der Waals surface area (Å²) < 4.78 is 10.4. The fraction of sp³-hybridized carbons (Fsp3) is 0.263. The Hall–Kier alpha value is -3.02. The quantitative estimate of drug-likeness (QED) is 0.789. The smallest absolute Gasteiger partial charge is 0.309 e. The maximum atomic E-state index is 12.0. The molecule has 0 radical (unpaired) electrons. The third kappa shape index (κ3) is 4.97. The van der Waals surface area contributed by atoms with Crippen LogP contribution in [0.4, 0.5) is 0 Å². The molecule has 25 heavy (non-hydrogen) atoms. The second-order valence-electron chi connectivity index (χ2n) is 5.48. The summed E-state index contributed by atoms with van der Waals surface area (Å²) in [5.74, 6) is -0.183. The van der Waals surface area contributed by atoms with Gasteiger partial charge in [-0.25, -0.2) is 0 Å². The molecule has 0 aromatic heterocycles. The van der Waals surface area contributed by atoms with E-state index in [0.717, 1.165) is 11.1 Å². The third-order valence-corrected chi connectivity index (χ3v) is 3.75. The Morgan fingerprint density at radius 1 is 0.960 bits per heavy atom. The zero-order chi connectivity index (χ0) is 18.2. The fourth-order valence-corrected chi connectivity index (χ4v) is 2.34. The van der Waals surface area contributed by atoms with Crippen LogP contribution in [0.5, 0.6) is 11.5 Å². The predicted octanol–water partition coefficient (Wildman–Crippen LogP) is 2.20. The Bertz CT molecular complexity index is 731. The molecule has 0 saturated heterocycles. The van der Waals surface area contributed by atoms with Gasteiger partial charge in [-0.05, 0) is 30.2 Å². The summed E-state index contributed by atoms with van der Waals surface area (Å²) in [4.78, 5) is 24.0. The van der Waals surface area contributed by atoms with E-state index in [1.807, 2.05) is 37.3 Å². The van der Waals surface area contributed by atoms with Gasteiger partial charge in [-0.15, -0.1) is 0 Å². The van der Waals surface area contributed by atoms with Crippen molar-refractivity contribution in [1.29, 1.82) is 0 Å². The van der Waals surface area contributed by atoms with E-state index in [1.165, 1.54) is 0 Å². The largest absolute Gasteiger partial charge is 0.493 e. The molecular formula is C19H22N2O4. The summed E-state index contributed by atoms with van der Waals surface area (Å²) >= 11 is 0.